The van der Waals surface area contributed by atoms with Gasteiger partial charge < -0.3 is 25.0 Å². The highest BCUT2D eigenvalue weighted by molar-refractivity contribution is 7.91. The average molecular weight is 688 g/mol. The number of carbonyl (C=O) groups is 4. The van der Waals surface area contributed by atoms with Crippen LogP contribution in [-0.2, 0) is 29.1 Å². The first-order valence-electron chi connectivity index (χ1n) is 15.5. The molecule has 47 heavy (non-hydrogen) atoms. The number of hydrogen-bond donors (Lipinski definition) is 3. The zero-order valence-corrected chi connectivity index (χ0v) is 28.5. The molecule has 1 saturated heterocycles. The summed E-state index contributed by atoms with van der Waals surface area (Å²) in [5.41, 5.74) is -1.51. The minimum absolute atomic E-state index is 0.122. The second kappa shape index (κ2) is 13.3. The summed E-state index contributed by atoms with van der Waals surface area (Å²) in [6.45, 7) is 9.35. The number of methoxy groups -OCH3 is 1. The molecule has 0 bridgehead atoms. The molecule has 0 spiro atoms. The van der Waals surface area contributed by atoms with Crippen molar-refractivity contribution < 1.29 is 37.1 Å². The number of amides is 4. The number of pyridine rings is 1. The molecule has 254 valence electrons. The molecule has 0 unspecified atom stereocenters. The fourth-order valence-electron chi connectivity index (χ4n) is 5.81. The third kappa shape index (κ3) is 7.61. The molecule has 3 N–H and O–H groups in total. The lowest BCUT2D eigenvalue weighted by Gasteiger charge is -2.35. The van der Waals surface area contributed by atoms with Gasteiger partial charge in [0.05, 0.1) is 29.5 Å². The Kier molecular flexibility index (Phi) is 9.69. The van der Waals surface area contributed by atoms with E-state index in [9.17, 15) is 27.6 Å². The second-order valence-electron chi connectivity index (χ2n) is 13.4. The van der Waals surface area contributed by atoms with Gasteiger partial charge in [-0.25, -0.2) is 18.2 Å². The van der Waals surface area contributed by atoms with E-state index in [1.54, 1.807) is 38.2 Å². The predicted octanol–water partition coefficient (Wildman–Crippen LogP) is 2.85. The van der Waals surface area contributed by atoms with Crippen molar-refractivity contribution in [1.82, 2.24) is 25.2 Å². The molecule has 3 heterocycles. The van der Waals surface area contributed by atoms with E-state index >= 15 is 0 Å². The Morgan fingerprint density at radius 2 is 1.94 bits per heavy atom. The number of nitrogens with zero attached hydrogens (tertiary/aromatic N) is 2. The Morgan fingerprint density at radius 1 is 1.19 bits per heavy atom. The molecule has 2 saturated carbocycles. The van der Waals surface area contributed by atoms with Gasteiger partial charge in [0.15, 0.2) is 0 Å². The normalized spacial score (nSPS) is 24.5. The van der Waals surface area contributed by atoms with Crippen LogP contribution >= 0.6 is 11.3 Å². The number of ether oxygens (including phenoxy) is 2. The van der Waals surface area contributed by atoms with Crippen LogP contribution in [0.3, 0.4) is 0 Å². The van der Waals surface area contributed by atoms with Gasteiger partial charge in [0.2, 0.25) is 27.7 Å². The van der Waals surface area contributed by atoms with E-state index in [2.05, 4.69) is 26.9 Å². The number of alkyl carbamates (subject to hydrolysis) is 1. The maximum atomic E-state index is 14.1. The third-order valence-corrected chi connectivity index (χ3v) is 11.5. The molecular formula is C32H41N5O8S2. The number of carbonyl (C=O) groups excluding carboxylic acids is 4. The van der Waals surface area contributed by atoms with Crippen molar-refractivity contribution in [3.8, 4) is 16.5 Å². The van der Waals surface area contributed by atoms with Crippen LogP contribution in [0.4, 0.5) is 4.79 Å². The van der Waals surface area contributed by atoms with E-state index in [4.69, 9.17) is 9.47 Å². The molecule has 2 aliphatic carbocycles. The first kappa shape index (κ1) is 34.4. The van der Waals surface area contributed by atoms with Gasteiger partial charge in [0, 0.05) is 24.4 Å². The maximum absolute atomic E-state index is 14.1. The van der Waals surface area contributed by atoms with Crippen LogP contribution in [-0.4, -0.2) is 85.3 Å². The summed E-state index contributed by atoms with van der Waals surface area (Å²) in [7, 11) is -2.67. The van der Waals surface area contributed by atoms with E-state index in [-0.39, 0.29) is 31.9 Å². The Labute approximate surface area is 278 Å². The highest BCUT2D eigenvalue weighted by Crippen LogP contribution is 2.45. The fourth-order valence-corrected chi connectivity index (χ4v) is 7.87. The van der Waals surface area contributed by atoms with Crippen molar-refractivity contribution in [2.24, 2.45) is 17.3 Å². The second-order valence-corrected chi connectivity index (χ2v) is 16.3. The highest BCUT2D eigenvalue weighted by atomic mass is 32.2. The first-order chi connectivity index (χ1) is 22.2. The number of likely N-dealkylation sites (tertiary alicyclic amines) is 1. The van der Waals surface area contributed by atoms with Gasteiger partial charge in [0.25, 0.3) is 5.91 Å². The first-order valence-corrected chi connectivity index (χ1v) is 17.9. The fraction of sp³-hybridized carbons (Fsp3) is 0.531. The molecule has 5 atom stereocenters. The zero-order chi connectivity index (χ0) is 34.1. The predicted molar refractivity (Wildman–Crippen MR) is 175 cm³/mol. The topological polar surface area (TPSA) is 173 Å². The van der Waals surface area contributed by atoms with Gasteiger partial charge in [-0.1, -0.05) is 39.0 Å². The molecule has 3 aliphatic rings. The molecule has 2 aromatic rings. The molecule has 15 heteroatoms. The SMILES string of the molecule is C=C[C@@H]1C[C@]1(NC(=O)[C@@H]1C[C@@H](COc2cccc(-c3cccs3)n2)CN1C(=O)[C@@H](NC(=O)OC)C(C)(C)C)C(=O)NS(=O)(=O)C1CC1. The van der Waals surface area contributed by atoms with E-state index in [1.165, 1.54) is 18.1 Å². The Balaban J connectivity index is 1.36. The third-order valence-electron chi connectivity index (χ3n) is 8.75. The van der Waals surface area contributed by atoms with Crippen molar-refractivity contribution in [3.05, 3.63) is 48.4 Å². The zero-order valence-electron chi connectivity index (χ0n) is 26.9. The molecule has 0 radical (unpaired) electrons. The van der Waals surface area contributed by atoms with Crippen LogP contribution in [0.1, 0.15) is 46.5 Å². The van der Waals surface area contributed by atoms with E-state index in [1.807, 2.05) is 29.6 Å². The molecule has 13 nitrogen and oxygen atoms in total. The smallest absolute Gasteiger partial charge is 0.407 e. The van der Waals surface area contributed by atoms with Gasteiger partial charge in [0.1, 0.15) is 17.6 Å². The number of sulfonamides is 1. The van der Waals surface area contributed by atoms with Crippen LogP contribution in [0.2, 0.25) is 0 Å². The summed E-state index contributed by atoms with van der Waals surface area (Å²) in [6, 6.07) is 7.26. The summed E-state index contributed by atoms with van der Waals surface area (Å²) < 4.78 is 38.1. The quantitative estimate of drug-likeness (QED) is 0.284. The molecule has 4 amide bonds. The summed E-state index contributed by atoms with van der Waals surface area (Å²) in [6.07, 6.45) is 2.01. The number of hydrogen-bond acceptors (Lipinski definition) is 10. The van der Waals surface area contributed by atoms with Crippen LogP contribution in [0.15, 0.2) is 48.4 Å². The van der Waals surface area contributed by atoms with Crippen LogP contribution in [0.5, 0.6) is 5.88 Å². The van der Waals surface area contributed by atoms with Gasteiger partial charge in [-0.2, -0.15) is 0 Å². The van der Waals surface area contributed by atoms with E-state index in [0.717, 1.165) is 10.6 Å². The maximum Gasteiger partial charge on any atom is 0.407 e. The summed E-state index contributed by atoms with van der Waals surface area (Å²) in [5.74, 6) is -2.36. The average Bonchev–Trinajstić information content (AvgIpc) is 3.89. The van der Waals surface area contributed by atoms with E-state index < -0.39 is 68.0 Å². The number of nitrogens with one attached hydrogen (secondary N) is 3. The Morgan fingerprint density at radius 3 is 2.53 bits per heavy atom. The number of aromatic nitrogens is 1. The van der Waals surface area contributed by atoms with Gasteiger partial charge >= 0.3 is 6.09 Å². The summed E-state index contributed by atoms with van der Waals surface area (Å²) >= 11 is 1.55. The molecule has 0 aromatic carbocycles. The Hall–Kier alpha value is -3.98. The molecule has 2 aromatic heterocycles. The molecular weight excluding hydrogens is 647 g/mol. The van der Waals surface area contributed by atoms with Crippen molar-refractivity contribution in [1.29, 1.82) is 0 Å². The standard InChI is InChI=1S/C32H41N5O8S2/c1-6-20-16-32(20,29(40)36-47(42,43)21-12-13-21)35-27(38)23-15-19(17-37(23)28(39)26(31(2,3)4)34-30(41)44-5)18-45-25-11-7-9-22(33-25)24-10-8-14-46-24/h6-11,14,19-21,23,26H,1,12-13,15-18H2,2-5H3,(H,34,41)(H,35,38)(H,36,40)/t19-,20-,23+,26-,32-/m1/s1. The van der Waals surface area contributed by atoms with Gasteiger partial charge in [-0.15, -0.1) is 17.9 Å². The molecule has 3 fully saturated rings. The highest BCUT2D eigenvalue weighted by Gasteiger charge is 2.62. The molecule has 1 aliphatic heterocycles. The summed E-state index contributed by atoms with van der Waals surface area (Å²) in [4.78, 5) is 60.6. The number of thiophene rings is 1. The van der Waals surface area contributed by atoms with Gasteiger partial charge in [-0.05, 0) is 48.6 Å². The van der Waals surface area contributed by atoms with E-state index in [0.29, 0.717) is 18.7 Å². The van der Waals surface area contributed by atoms with Crippen LogP contribution in [0, 0.1) is 17.3 Å². The molecule has 5 rings (SSSR count). The largest absolute Gasteiger partial charge is 0.477 e. The lowest BCUT2D eigenvalue weighted by Crippen LogP contribution is -2.60. The van der Waals surface area contributed by atoms with Crippen molar-refractivity contribution in [2.45, 2.75) is 69.3 Å². The number of rotatable bonds is 12. The minimum Gasteiger partial charge on any atom is -0.477 e. The lowest BCUT2D eigenvalue weighted by atomic mass is 9.85. The summed E-state index contributed by atoms with van der Waals surface area (Å²) in [5, 5.41) is 6.72. The van der Waals surface area contributed by atoms with Crippen LogP contribution in [0.25, 0.3) is 10.6 Å². The van der Waals surface area contributed by atoms with Crippen molar-refractivity contribution >= 4 is 45.2 Å². The van der Waals surface area contributed by atoms with Crippen molar-refractivity contribution in [3.63, 3.8) is 0 Å². The monoisotopic (exact) mass is 687 g/mol. The van der Waals surface area contributed by atoms with Gasteiger partial charge in [-0.3, -0.25) is 19.1 Å². The Bertz CT molecular complexity index is 1640. The minimum atomic E-state index is -3.87. The van der Waals surface area contributed by atoms with Crippen LogP contribution < -0.4 is 20.1 Å². The van der Waals surface area contributed by atoms with Crippen molar-refractivity contribution in [2.75, 3.05) is 20.3 Å². The lowest BCUT2D eigenvalue weighted by molar-refractivity contribution is -0.142.